The lowest BCUT2D eigenvalue weighted by Gasteiger charge is -2.21. The van der Waals surface area contributed by atoms with Crippen molar-refractivity contribution in [3.8, 4) is 0 Å². The van der Waals surface area contributed by atoms with Gasteiger partial charge >= 0.3 is 5.97 Å². The summed E-state index contributed by atoms with van der Waals surface area (Å²) in [5.74, 6) is -0.386. The largest absolute Gasteiger partial charge is 0.461 e. The molecule has 1 saturated heterocycles. The van der Waals surface area contributed by atoms with E-state index in [0.717, 1.165) is 19.4 Å². The normalized spacial score (nSPS) is 18.6. The first kappa shape index (κ1) is 14.6. The topological polar surface area (TPSA) is 72.4 Å². The molecule has 0 bridgehead atoms. The fourth-order valence-electron chi connectivity index (χ4n) is 2.36. The molecule has 0 saturated carbocycles. The molecule has 6 nitrogen and oxygen atoms in total. The van der Waals surface area contributed by atoms with E-state index in [1.807, 2.05) is 0 Å². The fourth-order valence-corrected chi connectivity index (χ4v) is 2.36. The summed E-state index contributed by atoms with van der Waals surface area (Å²) in [5.41, 5.74) is 1.06. The van der Waals surface area contributed by atoms with E-state index in [2.05, 4.69) is 10.6 Å². The molecule has 2 rings (SSSR count). The van der Waals surface area contributed by atoms with Crippen molar-refractivity contribution in [1.29, 1.82) is 0 Å². The first-order chi connectivity index (χ1) is 9.61. The van der Waals surface area contributed by atoms with Crippen molar-refractivity contribution in [2.75, 3.05) is 25.0 Å². The second-order valence-corrected chi connectivity index (χ2v) is 4.98. The van der Waals surface area contributed by atoms with Gasteiger partial charge in [-0.05, 0) is 32.4 Å². The molecule has 110 valence electrons. The molecule has 6 heteroatoms. The van der Waals surface area contributed by atoms with Gasteiger partial charge in [0.1, 0.15) is 5.69 Å². The van der Waals surface area contributed by atoms with Crippen molar-refractivity contribution in [1.82, 2.24) is 9.88 Å². The molecule has 1 aromatic rings. The van der Waals surface area contributed by atoms with Gasteiger partial charge in [-0.2, -0.15) is 0 Å². The molecule has 0 aromatic carbocycles. The minimum atomic E-state index is -0.380. The predicted octanol–water partition coefficient (Wildman–Crippen LogP) is 1.14. The van der Waals surface area contributed by atoms with Crippen molar-refractivity contribution in [2.45, 2.75) is 19.8 Å². The Morgan fingerprint density at radius 2 is 2.35 bits per heavy atom. The second kappa shape index (κ2) is 6.56. The molecule has 20 heavy (non-hydrogen) atoms. The highest BCUT2D eigenvalue weighted by atomic mass is 16.5. The highest BCUT2D eigenvalue weighted by Crippen LogP contribution is 2.17. The van der Waals surface area contributed by atoms with Crippen LogP contribution in [0.1, 0.15) is 30.3 Å². The molecule has 1 atom stereocenters. The van der Waals surface area contributed by atoms with Gasteiger partial charge in [0.25, 0.3) is 0 Å². The van der Waals surface area contributed by atoms with Crippen molar-refractivity contribution < 1.29 is 14.3 Å². The number of amides is 1. The van der Waals surface area contributed by atoms with Gasteiger partial charge in [0.2, 0.25) is 5.91 Å². The Kier molecular flexibility index (Phi) is 4.79. The zero-order chi connectivity index (χ0) is 14.5. The van der Waals surface area contributed by atoms with Gasteiger partial charge in [-0.15, -0.1) is 0 Å². The SMILES string of the molecule is CCOC(=O)c1cc(NC(=O)C2CCCNC2)cn1C. The quantitative estimate of drug-likeness (QED) is 0.811. The maximum Gasteiger partial charge on any atom is 0.355 e. The molecule has 1 amide bonds. The number of hydrogen-bond acceptors (Lipinski definition) is 4. The monoisotopic (exact) mass is 279 g/mol. The summed E-state index contributed by atoms with van der Waals surface area (Å²) in [5, 5.41) is 6.08. The van der Waals surface area contributed by atoms with E-state index in [-0.39, 0.29) is 17.8 Å². The van der Waals surface area contributed by atoms with Crippen molar-refractivity contribution in [2.24, 2.45) is 13.0 Å². The van der Waals surface area contributed by atoms with Crippen LogP contribution in [0.2, 0.25) is 0 Å². The lowest BCUT2D eigenvalue weighted by Crippen LogP contribution is -2.37. The summed E-state index contributed by atoms with van der Waals surface area (Å²) in [6.07, 6.45) is 3.64. The summed E-state index contributed by atoms with van der Waals surface area (Å²) in [7, 11) is 1.75. The number of piperidine rings is 1. The zero-order valence-corrected chi connectivity index (χ0v) is 11.9. The molecule has 1 aliphatic heterocycles. The zero-order valence-electron chi connectivity index (χ0n) is 11.9. The summed E-state index contributed by atoms with van der Waals surface area (Å²) in [4.78, 5) is 23.8. The number of anilines is 1. The molecule has 1 fully saturated rings. The van der Waals surface area contributed by atoms with Gasteiger partial charge in [-0.25, -0.2) is 4.79 Å². The molecular weight excluding hydrogens is 258 g/mol. The third kappa shape index (κ3) is 3.39. The number of aromatic nitrogens is 1. The highest BCUT2D eigenvalue weighted by Gasteiger charge is 2.22. The standard InChI is InChI=1S/C14H21N3O3/c1-3-20-14(19)12-7-11(9-17(12)2)16-13(18)10-5-4-6-15-8-10/h7,9-10,15H,3-6,8H2,1-2H3,(H,16,18). The van der Waals surface area contributed by atoms with Crippen LogP contribution in [0.3, 0.4) is 0 Å². The smallest absolute Gasteiger partial charge is 0.355 e. The van der Waals surface area contributed by atoms with Crippen molar-refractivity contribution in [3.05, 3.63) is 18.0 Å². The van der Waals surface area contributed by atoms with Crippen LogP contribution in [0.4, 0.5) is 5.69 Å². The Bertz CT molecular complexity index is 490. The number of aryl methyl sites for hydroxylation is 1. The Hall–Kier alpha value is -1.82. The molecule has 0 spiro atoms. The van der Waals surface area contributed by atoms with Gasteiger partial charge in [-0.3, -0.25) is 4.79 Å². The number of carbonyl (C=O) groups is 2. The highest BCUT2D eigenvalue weighted by molar-refractivity contribution is 5.95. The van der Waals surface area contributed by atoms with E-state index in [1.165, 1.54) is 0 Å². The Morgan fingerprint density at radius 3 is 3.00 bits per heavy atom. The molecular formula is C14H21N3O3. The molecule has 0 radical (unpaired) electrons. The molecule has 1 aliphatic rings. The van der Waals surface area contributed by atoms with E-state index in [4.69, 9.17) is 4.74 Å². The molecule has 1 unspecified atom stereocenters. The number of nitrogens with one attached hydrogen (secondary N) is 2. The summed E-state index contributed by atoms with van der Waals surface area (Å²) < 4.78 is 6.62. The maximum atomic E-state index is 12.1. The summed E-state index contributed by atoms with van der Waals surface area (Å²) >= 11 is 0. The Morgan fingerprint density at radius 1 is 1.55 bits per heavy atom. The second-order valence-electron chi connectivity index (χ2n) is 4.98. The van der Waals surface area contributed by atoms with Gasteiger partial charge in [0.15, 0.2) is 0 Å². The Labute approximate surface area is 118 Å². The van der Waals surface area contributed by atoms with Crippen molar-refractivity contribution >= 4 is 17.6 Å². The molecule has 2 N–H and O–H groups in total. The average molecular weight is 279 g/mol. The number of esters is 1. The van der Waals surface area contributed by atoms with E-state index in [0.29, 0.717) is 24.5 Å². The number of rotatable bonds is 4. The molecule has 1 aromatic heterocycles. The van der Waals surface area contributed by atoms with E-state index >= 15 is 0 Å². The van der Waals surface area contributed by atoms with Crippen LogP contribution in [-0.4, -0.2) is 36.1 Å². The van der Waals surface area contributed by atoms with Gasteiger partial charge in [-0.1, -0.05) is 0 Å². The van der Waals surface area contributed by atoms with Crippen LogP contribution < -0.4 is 10.6 Å². The molecule has 2 heterocycles. The fraction of sp³-hybridized carbons (Fsp3) is 0.571. The lowest BCUT2D eigenvalue weighted by molar-refractivity contribution is -0.120. The van der Waals surface area contributed by atoms with Crippen LogP contribution in [-0.2, 0) is 16.6 Å². The van der Waals surface area contributed by atoms with Gasteiger partial charge < -0.3 is 19.9 Å². The average Bonchev–Trinajstić information content (AvgIpc) is 2.81. The third-order valence-electron chi connectivity index (χ3n) is 3.42. The maximum absolute atomic E-state index is 12.1. The van der Waals surface area contributed by atoms with Gasteiger partial charge in [0, 0.05) is 19.8 Å². The molecule has 0 aliphatic carbocycles. The van der Waals surface area contributed by atoms with Crippen molar-refractivity contribution in [3.63, 3.8) is 0 Å². The Balaban J connectivity index is 2.01. The van der Waals surface area contributed by atoms with E-state index in [1.54, 1.807) is 30.8 Å². The third-order valence-corrected chi connectivity index (χ3v) is 3.42. The number of nitrogens with zero attached hydrogens (tertiary/aromatic N) is 1. The number of carbonyl (C=O) groups excluding carboxylic acids is 2. The summed E-state index contributed by atoms with van der Waals surface area (Å²) in [6, 6.07) is 1.64. The first-order valence-corrected chi connectivity index (χ1v) is 6.97. The van der Waals surface area contributed by atoms with Crippen LogP contribution in [0, 0.1) is 5.92 Å². The van der Waals surface area contributed by atoms with Crippen LogP contribution in [0.15, 0.2) is 12.3 Å². The first-order valence-electron chi connectivity index (χ1n) is 6.97. The minimum Gasteiger partial charge on any atom is -0.461 e. The van der Waals surface area contributed by atoms with Crippen LogP contribution in [0.25, 0.3) is 0 Å². The number of ether oxygens (including phenoxy) is 1. The lowest BCUT2D eigenvalue weighted by atomic mass is 9.99. The van der Waals surface area contributed by atoms with E-state index < -0.39 is 0 Å². The van der Waals surface area contributed by atoms with E-state index in [9.17, 15) is 9.59 Å². The number of hydrogen-bond donors (Lipinski definition) is 2. The van der Waals surface area contributed by atoms with Crippen LogP contribution >= 0.6 is 0 Å². The minimum absolute atomic E-state index is 0.00166. The summed E-state index contributed by atoms with van der Waals surface area (Å²) in [6.45, 7) is 3.78. The van der Waals surface area contributed by atoms with Crippen LogP contribution in [0.5, 0.6) is 0 Å². The van der Waals surface area contributed by atoms with Gasteiger partial charge in [0.05, 0.1) is 18.2 Å². The predicted molar refractivity (Wildman–Crippen MR) is 75.6 cm³/mol.